The molecule has 1 unspecified atom stereocenters. The van der Waals surface area contributed by atoms with Crippen molar-refractivity contribution in [2.75, 3.05) is 13.2 Å². The smallest absolute Gasteiger partial charge is 0.224 e. The van der Waals surface area contributed by atoms with E-state index in [1.807, 2.05) is 54.6 Å². The van der Waals surface area contributed by atoms with Gasteiger partial charge in [0.2, 0.25) is 5.91 Å². The van der Waals surface area contributed by atoms with Crippen molar-refractivity contribution in [1.29, 1.82) is 0 Å². The molecule has 1 aliphatic heterocycles. The third-order valence-corrected chi connectivity index (χ3v) is 4.13. The molecule has 1 aromatic heterocycles. The van der Waals surface area contributed by atoms with Crippen LogP contribution in [0.5, 0.6) is 11.5 Å². The maximum atomic E-state index is 12.2. The van der Waals surface area contributed by atoms with Crippen LogP contribution < -0.4 is 14.8 Å². The van der Waals surface area contributed by atoms with Crippen molar-refractivity contribution in [2.45, 2.75) is 12.5 Å². The number of ether oxygens (including phenoxy) is 2. The van der Waals surface area contributed by atoms with Crippen LogP contribution in [0.15, 0.2) is 60.8 Å². The maximum absolute atomic E-state index is 12.2. The Labute approximate surface area is 145 Å². The lowest BCUT2D eigenvalue weighted by atomic mass is 10.1. The molecule has 5 nitrogen and oxygen atoms in total. The van der Waals surface area contributed by atoms with Crippen LogP contribution in [0.25, 0.3) is 10.9 Å². The van der Waals surface area contributed by atoms with Gasteiger partial charge in [0.1, 0.15) is 12.7 Å². The van der Waals surface area contributed by atoms with Crippen LogP contribution in [0.1, 0.15) is 5.56 Å². The van der Waals surface area contributed by atoms with Gasteiger partial charge in [-0.1, -0.05) is 24.3 Å². The summed E-state index contributed by atoms with van der Waals surface area (Å²) < 4.78 is 11.5. The van der Waals surface area contributed by atoms with Gasteiger partial charge in [-0.05, 0) is 35.9 Å². The Bertz CT molecular complexity index is 910. The van der Waals surface area contributed by atoms with E-state index in [4.69, 9.17) is 9.47 Å². The van der Waals surface area contributed by atoms with Crippen molar-refractivity contribution < 1.29 is 14.3 Å². The normalized spacial score (nSPS) is 15.8. The number of fused-ring (bicyclic) bond motifs is 2. The quantitative estimate of drug-likeness (QED) is 0.797. The number of para-hydroxylation sites is 2. The van der Waals surface area contributed by atoms with Gasteiger partial charge in [0.25, 0.3) is 0 Å². The van der Waals surface area contributed by atoms with Crippen molar-refractivity contribution in [3.63, 3.8) is 0 Å². The summed E-state index contributed by atoms with van der Waals surface area (Å²) in [5.41, 5.74) is 1.89. The fourth-order valence-electron chi connectivity index (χ4n) is 2.87. The predicted molar refractivity (Wildman–Crippen MR) is 94.8 cm³/mol. The Kier molecular flexibility index (Phi) is 4.21. The van der Waals surface area contributed by atoms with E-state index >= 15 is 0 Å². The van der Waals surface area contributed by atoms with Crippen LogP contribution in [-0.4, -0.2) is 30.1 Å². The maximum Gasteiger partial charge on any atom is 0.224 e. The lowest BCUT2D eigenvalue weighted by Gasteiger charge is -2.26. The molecular weight excluding hydrogens is 316 g/mol. The first-order valence-electron chi connectivity index (χ1n) is 8.27. The summed E-state index contributed by atoms with van der Waals surface area (Å²) in [6.45, 7) is 0.848. The topological polar surface area (TPSA) is 60.5 Å². The van der Waals surface area contributed by atoms with E-state index in [2.05, 4.69) is 10.3 Å². The molecule has 4 rings (SSSR count). The number of pyridine rings is 1. The number of carbonyl (C=O) groups excluding carboxylic acids is 1. The molecule has 0 aliphatic carbocycles. The highest BCUT2D eigenvalue weighted by Gasteiger charge is 2.21. The lowest BCUT2D eigenvalue weighted by Crippen LogP contribution is -2.41. The number of amides is 1. The van der Waals surface area contributed by atoms with Gasteiger partial charge in [0.05, 0.1) is 18.5 Å². The van der Waals surface area contributed by atoms with Crippen LogP contribution in [0.3, 0.4) is 0 Å². The Morgan fingerprint density at radius 2 is 2.00 bits per heavy atom. The summed E-state index contributed by atoms with van der Waals surface area (Å²) in [6, 6.07) is 17.3. The monoisotopic (exact) mass is 334 g/mol. The molecule has 1 amide bonds. The summed E-state index contributed by atoms with van der Waals surface area (Å²) in [5, 5.41) is 3.96. The van der Waals surface area contributed by atoms with E-state index in [-0.39, 0.29) is 12.0 Å². The molecule has 1 atom stereocenters. The number of nitrogens with zero attached hydrogens (tertiary/aromatic N) is 1. The fourth-order valence-corrected chi connectivity index (χ4v) is 2.87. The second-order valence-corrected chi connectivity index (χ2v) is 6.01. The second-order valence-electron chi connectivity index (χ2n) is 6.01. The standard InChI is InChI=1S/C20H18N2O3/c23-20(11-14-7-8-17-15(10-14)4-3-9-21-17)22-12-16-13-24-18-5-1-2-6-19(18)25-16/h1-10,16H,11-13H2,(H,22,23). The highest BCUT2D eigenvalue weighted by Crippen LogP contribution is 2.30. The number of hydrogen-bond acceptors (Lipinski definition) is 4. The van der Waals surface area contributed by atoms with E-state index in [0.29, 0.717) is 19.6 Å². The number of hydrogen-bond donors (Lipinski definition) is 1. The molecule has 1 aliphatic rings. The van der Waals surface area contributed by atoms with E-state index < -0.39 is 0 Å². The van der Waals surface area contributed by atoms with Crippen molar-refractivity contribution in [3.8, 4) is 11.5 Å². The summed E-state index contributed by atoms with van der Waals surface area (Å²) >= 11 is 0. The number of aromatic nitrogens is 1. The molecule has 25 heavy (non-hydrogen) atoms. The number of rotatable bonds is 4. The van der Waals surface area contributed by atoms with Gasteiger partial charge in [-0.15, -0.1) is 0 Å². The Morgan fingerprint density at radius 1 is 1.12 bits per heavy atom. The minimum Gasteiger partial charge on any atom is -0.486 e. The highest BCUT2D eigenvalue weighted by atomic mass is 16.6. The zero-order chi connectivity index (χ0) is 17.1. The molecule has 3 aromatic rings. The van der Waals surface area contributed by atoms with Crippen molar-refractivity contribution in [1.82, 2.24) is 10.3 Å². The van der Waals surface area contributed by atoms with Gasteiger partial charge >= 0.3 is 0 Å². The summed E-state index contributed by atoms with van der Waals surface area (Å²) in [7, 11) is 0. The third-order valence-electron chi connectivity index (χ3n) is 4.13. The Balaban J connectivity index is 1.33. The van der Waals surface area contributed by atoms with Gasteiger partial charge in [-0.2, -0.15) is 0 Å². The molecule has 0 bridgehead atoms. The second kappa shape index (κ2) is 6.81. The average Bonchev–Trinajstić information content (AvgIpc) is 2.66. The van der Waals surface area contributed by atoms with Gasteiger partial charge < -0.3 is 14.8 Å². The van der Waals surface area contributed by atoms with Crippen LogP contribution in [0.2, 0.25) is 0 Å². The molecular formula is C20H18N2O3. The zero-order valence-corrected chi connectivity index (χ0v) is 13.6. The molecule has 1 N–H and O–H groups in total. The molecule has 2 aromatic carbocycles. The SMILES string of the molecule is O=C(Cc1ccc2ncccc2c1)NCC1COc2ccccc2O1. The van der Waals surface area contributed by atoms with E-state index in [1.54, 1.807) is 6.20 Å². The first kappa shape index (κ1) is 15.4. The van der Waals surface area contributed by atoms with Gasteiger partial charge in [-0.25, -0.2) is 0 Å². The molecule has 126 valence electrons. The van der Waals surface area contributed by atoms with Crippen LogP contribution >= 0.6 is 0 Å². The average molecular weight is 334 g/mol. The molecule has 2 heterocycles. The zero-order valence-electron chi connectivity index (χ0n) is 13.6. The number of benzene rings is 2. The molecule has 5 heteroatoms. The third kappa shape index (κ3) is 3.55. The molecule has 0 spiro atoms. The molecule has 0 saturated heterocycles. The predicted octanol–water partition coefficient (Wildman–Crippen LogP) is 2.73. The minimum atomic E-state index is -0.181. The lowest BCUT2D eigenvalue weighted by molar-refractivity contribution is -0.120. The number of nitrogens with one attached hydrogen (secondary N) is 1. The van der Waals surface area contributed by atoms with Gasteiger partial charge in [0.15, 0.2) is 11.5 Å². The number of carbonyl (C=O) groups is 1. The van der Waals surface area contributed by atoms with Crippen molar-refractivity contribution in [2.24, 2.45) is 0 Å². The minimum absolute atomic E-state index is 0.0364. The largest absolute Gasteiger partial charge is 0.486 e. The molecule has 0 saturated carbocycles. The van der Waals surface area contributed by atoms with Crippen LogP contribution in [0, 0.1) is 0 Å². The Morgan fingerprint density at radius 3 is 2.92 bits per heavy atom. The first-order chi connectivity index (χ1) is 12.3. The fraction of sp³-hybridized carbons (Fsp3) is 0.200. The summed E-state index contributed by atoms with van der Waals surface area (Å²) in [4.78, 5) is 16.5. The Hall–Kier alpha value is -3.08. The van der Waals surface area contributed by atoms with Gasteiger partial charge in [-0.3, -0.25) is 9.78 Å². The molecule has 0 fully saturated rings. The molecule has 0 radical (unpaired) electrons. The van der Waals surface area contributed by atoms with E-state index in [9.17, 15) is 4.79 Å². The van der Waals surface area contributed by atoms with E-state index in [1.165, 1.54) is 0 Å². The first-order valence-corrected chi connectivity index (χ1v) is 8.27. The summed E-state index contributed by atoms with van der Waals surface area (Å²) in [5.74, 6) is 1.43. The van der Waals surface area contributed by atoms with Crippen LogP contribution in [0.4, 0.5) is 0 Å². The van der Waals surface area contributed by atoms with Gasteiger partial charge in [0, 0.05) is 11.6 Å². The van der Waals surface area contributed by atoms with Crippen LogP contribution in [-0.2, 0) is 11.2 Å². The highest BCUT2D eigenvalue weighted by molar-refractivity contribution is 5.83. The summed E-state index contributed by atoms with van der Waals surface area (Å²) in [6.07, 6.45) is 1.91. The van der Waals surface area contributed by atoms with E-state index in [0.717, 1.165) is 28.0 Å². The van der Waals surface area contributed by atoms with Crippen molar-refractivity contribution >= 4 is 16.8 Å². The van der Waals surface area contributed by atoms with Crippen molar-refractivity contribution in [3.05, 3.63) is 66.4 Å².